The summed E-state index contributed by atoms with van der Waals surface area (Å²) in [6.07, 6.45) is 0. The topological polar surface area (TPSA) is 50.8 Å². The van der Waals surface area contributed by atoms with Gasteiger partial charge in [-0.15, -0.1) is 0 Å². The van der Waals surface area contributed by atoms with Crippen LogP contribution >= 0.6 is 0 Å². The van der Waals surface area contributed by atoms with Crippen molar-refractivity contribution in [1.82, 2.24) is 10.2 Å². The minimum absolute atomic E-state index is 0.0157. The van der Waals surface area contributed by atoms with E-state index in [1.54, 1.807) is 4.90 Å². The highest BCUT2D eigenvalue weighted by molar-refractivity contribution is 5.77. The Hall–Kier alpha value is -1.59. The smallest absolute Gasteiger partial charge is 0.260 e. The lowest BCUT2D eigenvalue weighted by Gasteiger charge is -2.27. The van der Waals surface area contributed by atoms with Crippen LogP contribution in [0.4, 0.5) is 0 Å². The van der Waals surface area contributed by atoms with Gasteiger partial charge in [0.2, 0.25) is 0 Å². The van der Waals surface area contributed by atoms with E-state index >= 15 is 0 Å². The highest BCUT2D eigenvalue weighted by Gasteiger charge is 2.18. The van der Waals surface area contributed by atoms with Gasteiger partial charge in [0.1, 0.15) is 5.75 Å². The number of carbonyl (C=O) groups excluding carboxylic acids is 1. The molecule has 1 heterocycles. The standard InChI is InChI=1S/C16H24N2O3/c1-12-4-5-15(14(10-12)13(2)17-3)21-11-16(19)18-6-8-20-9-7-18/h4-5,10,13,17H,6-9,11H2,1-3H3. The maximum atomic E-state index is 12.1. The zero-order valence-electron chi connectivity index (χ0n) is 13.0. The van der Waals surface area contributed by atoms with Gasteiger partial charge in [-0.2, -0.15) is 0 Å². The quantitative estimate of drug-likeness (QED) is 0.894. The van der Waals surface area contributed by atoms with E-state index in [2.05, 4.69) is 25.2 Å². The van der Waals surface area contributed by atoms with Gasteiger partial charge < -0.3 is 19.7 Å². The number of nitrogens with zero attached hydrogens (tertiary/aromatic N) is 1. The van der Waals surface area contributed by atoms with Crippen LogP contribution in [0.2, 0.25) is 0 Å². The van der Waals surface area contributed by atoms with E-state index in [0.717, 1.165) is 11.3 Å². The first-order chi connectivity index (χ1) is 10.1. The average Bonchev–Trinajstić information content (AvgIpc) is 2.53. The molecule has 0 spiro atoms. The van der Waals surface area contributed by atoms with Crippen LogP contribution in [-0.4, -0.2) is 50.8 Å². The predicted octanol–water partition coefficient (Wildman–Crippen LogP) is 1.51. The van der Waals surface area contributed by atoms with Gasteiger partial charge in [-0.05, 0) is 27.0 Å². The third kappa shape index (κ3) is 4.19. The summed E-state index contributed by atoms with van der Waals surface area (Å²) in [5.41, 5.74) is 2.26. The average molecular weight is 292 g/mol. The Morgan fingerprint density at radius 1 is 1.43 bits per heavy atom. The molecule has 1 N–H and O–H groups in total. The molecule has 0 aliphatic carbocycles. The number of amides is 1. The first kappa shape index (κ1) is 15.8. The fourth-order valence-electron chi connectivity index (χ4n) is 2.34. The van der Waals surface area contributed by atoms with Crippen LogP contribution in [0.15, 0.2) is 18.2 Å². The molecule has 21 heavy (non-hydrogen) atoms. The van der Waals surface area contributed by atoms with Crippen molar-refractivity contribution >= 4 is 5.91 Å². The summed E-state index contributed by atoms with van der Waals surface area (Å²) in [5.74, 6) is 0.783. The number of nitrogens with one attached hydrogen (secondary N) is 1. The number of hydrogen-bond acceptors (Lipinski definition) is 4. The monoisotopic (exact) mass is 292 g/mol. The maximum absolute atomic E-state index is 12.1. The molecule has 1 aliphatic rings. The number of aryl methyl sites for hydroxylation is 1. The Bertz CT molecular complexity index is 484. The zero-order chi connectivity index (χ0) is 15.2. The lowest BCUT2D eigenvalue weighted by molar-refractivity contribution is -0.137. The molecule has 1 fully saturated rings. The molecule has 1 aliphatic heterocycles. The molecule has 2 rings (SSSR count). The third-order valence-electron chi connectivity index (χ3n) is 3.78. The highest BCUT2D eigenvalue weighted by Crippen LogP contribution is 2.26. The van der Waals surface area contributed by atoms with Gasteiger partial charge in [0, 0.05) is 24.7 Å². The van der Waals surface area contributed by atoms with Crippen molar-refractivity contribution in [3.05, 3.63) is 29.3 Å². The van der Waals surface area contributed by atoms with E-state index < -0.39 is 0 Å². The number of rotatable bonds is 5. The molecule has 1 unspecified atom stereocenters. The molecule has 5 nitrogen and oxygen atoms in total. The van der Waals surface area contributed by atoms with Crippen LogP contribution in [0.1, 0.15) is 24.1 Å². The van der Waals surface area contributed by atoms with Crippen LogP contribution in [-0.2, 0) is 9.53 Å². The molecule has 0 bridgehead atoms. The minimum Gasteiger partial charge on any atom is -0.483 e. The molecule has 0 aromatic heterocycles. The summed E-state index contributed by atoms with van der Waals surface area (Å²) in [6.45, 7) is 6.72. The normalized spacial score (nSPS) is 16.6. The van der Waals surface area contributed by atoms with E-state index in [0.29, 0.717) is 26.3 Å². The molecule has 116 valence electrons. The largest absolute Gasteiger partial charge is 0.483 e. The van der Waals surface area contributed by atoms with Crippen LogP contribution in [0.5, 0.6) is 5.75 Å². The van der Waals surface area contributed by atoms with Crippen molar-refractivity contribution in [2.75, 3.05) is 40.0 Å². The summed E-state index contributed by atoms with van der Waals surface area (Å²) in [5, 5.41) is 3.21. The van der Waals surface area contributed by atoms with E-state index in [1.165, 1.54) is 5.56 Å². The van der Waals surface area contributed by atoms with Gasteiger partial charge in [0.15, 0.2) is 6.61 Å². The summed E-state index contributed by atoms with van der Waals surface area (Å²) >= 11 is 0. The summed E-state index contributed by atoms with van der Waals surface area (Å²) in [4.78, 5) is 13.9. The number of ether oxygens (including phenoxy) is 2. The Morgan fingerprint density at radius 3 is 2.81 bits per heavy atom. The summed E-state index contributed by atoms with van der Waals surface area (Å²) in [6, 6.07) is 6.21. The molecule has 0 saturated carbocycles. The zero-order valence-corrected chi connectivity index (χ0v) is 13.0. The maximum Gasteiger partial charge on any atom is 0.260 e. The van der Waals surface area contributed by atoms with Crippen molar-refractivity contribution in [3.8, 4) is 5.75 Å². The third-order valence-corrected chi connectivity index (χ3v) is 3.78. The Labute approximate surface area is 126 Å². The molecular formula is C16H24N2O3. The number of benzene rings is 1. The van der Waals surface area contributed by atoms with Crippen LogP contribution < -0.4 is 10.1 Å². The van der Waals surface area contributed by atoms with Crippen molar-refractivity contribution < 1.29 is 14.3 Å². The molecule has 1 aromatic carbocycles. The van der Waals surface area contributed by atoms with Crippen molar-refractivity contribution in [2.24, 2.45) is 0 Å². The number of morpholine rings is 1. The summed E-state index contributed by atoms with van der Waals surface area (Å²) < 4.78 is 11.0. The molecule has 1 aromatic rings. The van der Waals surface area contributed by atoms with Crippen molar-refractivity contribution in [2.45, 2.75) is 19.9 Å². The molecule has 1 saturated heterocycles. The van der Waals surface area contributed by atoms with Gasteiger partial charge >= 0.3 is 0 Å². The van der Waals surface area contributed by atoms with E-state index in [-0.39, 0.29) is 18.6 Å². The first-order valence-corrected chi connectivity index (χ1v) is 7.38. The Morgan fingerprint density at radius 2 is 2.14 bits per heavy atom. The fourth-order valence-corrected chi connectivity index (χ4v) is 2.34. The highest BCUT2D eigenvalue weighted by atomic mass is 16.5. The van der Waals surface area contributed by atoms with Crippen LogP contribution in [0.3, 0.4) is 0 Å². The molecular weight excluding hydrogens is 268 g/mol. The van der Waals surface area contributed by atoms with Crippen LogP contribution in [0.25, 0.3) is 0 Å². The van der Waals surface area contributed by atoms with Gasteiger partial charge in [-0.1, -0.05) is 17.7 Å². The van der Waals surface area contributed by atoms with Gasteiger partial charge in [0.25, 0.3) is 5.91 Å². The Kier molecular flexibility index (Phi) is 5.59. The molecule has 1 atom stereocenters. The van der Waals surface area contributed by atoms with Gasteiger partial charge in [0.05, 0.1) is 13.2 Å². The minimum atomic E-state index is 0.0157. The number of carbonyl (C=O) groups is 1. The fraction of sp³-hybridized carbons (Fsp3) is 0.562. The van der Waals surface area contributed by atoms with E-state index in [4.69, 9.17) is 9.47 Å². The summed E-state index contributed by atoms with van der Waals surface area (Å²) in [7, 11) is 1.91. The lowest BCUT2D eigenvalue weighted by atomic mass is 10.0. The second-order valence-electron chi connectivity index (χ2n) is 5.33. The predicted molar refractivity (Wildman–Crippen MR) is 81.5 cm³/mol. The van der Waals surface area contributed by atoms with Gasteiger partial charge in [-0.25, -0.2) is 0 Å². The second-order valence-corrected chi connectivity index (χ2v) is 5.33. The SMILES string of the molecule is CNC(C)c1cc(C)ccc1OCC(=O)N1CCOCC1. The number of hydrogen-bond donors (Lipinski definition) is 1. The van der Waals surface area contributed by atoms with Gasteiger partial charge in [-0.3, -0.25) is 4.79 Å². The lowest BCUT2D eigenvalue weighted by Crippen LogP contribution is -2.43. The second kappa shape index (κ2) is 7.43. The van der Waals surface area contributed by atoms with Crippen molar-refractivity contribution in [3.63, 3.8) is 0 Å². The molecule has 1 amide bonds. The van der Waals surface area contributed by atoms with E-state index in [1.807, 2.05) is 19.2 Å². The molecule has 5 heteroatoms. The molecule has 0 radical (unpaired) electrons. The first-order valence-electron chi connectivity index (χ1n) is 7.38. The Balaban J connectivity index is 2.00. The van der Waals surface area contributed by atoms with Crippen LogP contribution in [0, 0.1) is 6.92 Å². The van der Waals surface area contributed by atoms with Crippen molar-refractivity contribution in [1.29, 1.82) is 0 Å². The van der Waals surface area contributed by atoms with E-state index in [9.17, 15) is 4.79 Å².